The quantitative estimate of drug-likeness (QED) is 0.920. The molecule has 0 unspecified atom stereocenters. The molecule has 0 saturated carbocycles. The number of hydrogen-bond donors (Lipinski definition) is 1. The summed E-state index contributed by atoms with van der Waals surface area (Å²) in [5.41, 5.74) is 8.86. The molecule has 0 radical (unpaired) electrons. The van der Waals surface area contributed by atoms with Crippen molar-refractivity contribution in [3.63, 3.8) is 0 Å². The van der Waals surface area contributed by atoms with E-state index in [0.717, 1.165) is 16.8 Å². The lowest BCUT2D eigenvalue weighted by molar-refractivity contribution is 0.419. The first-order valence-electron chi connectivity index (χ1n) is 6.13. The standard InChI is InChI=1S/C15H17FN2O/c1-9-5-4-6-13(14(9)16)19-15-12(8-17)10(2)7-11(3)18-15/h4-7H,8,17H2,1-3H3. The Labute approximate surface area is 112 Å². The van der Waals surface area contributed by atoms with Crippen molar-refractivity contribution in [1.29, 1.82) is 0 Å². The average Bonchev–Trinajstić information content (AvgIpc) is 2.34. The van der Waals surface area contributed by atoms with Crippen LogP contribution in [0.15, 0.2) is 24.3 Å². The molecule has 4 heteroatoms. The maximum Gasteiger partial charge on any atom is 0.224 e. The molecule has 3 nitrogen and oxygen atoms in total. The largest absolute Gasteiger partial charge is 0.436 e. The third-order valence-electron chi connectivity index (χ3n) is 3.00. The van der Waals surface area contributed by atoms with Gasteiger partial charge in [-0.15, -0.1) is 0 Å². The van der Waals surface area contributed by atoms with Gasteiger partial charge in [0.05, 0.1) is 0 Å². The fourth-order valence-electron chi connectivity index (χ4n) is 1.97. The second-order valence-corrected chi connectivity index (χ2v) is 4.56. The van der Waals surface area contributed by atoms with Crippen LogP contribution in [0.25, 0.3) is 0 Å². The summed E-state index contributed by atoms with van der Waals surface area (Å²) in [6, 6.07) is 6.96. The summed E-state index contributed by atoms with van der Waals surface area (Å²) in [6.07, 6.45) is 0. The average molecular weight is 260 g/mol. The smallest absolute Gasteiger partial charge is 0.224 e. The van der Waals surface area contributed by atoms with Gasteiger partial charge in [-0.2, -0.15) is 0 Å². The van der Waals surface area contributed by atoms with Gasteiger partial charge in [0.15, 0.2) is 11.6 Å². The van der Waals surface area contributed by atoms with Crippen LogP contribution in [0.1, 0.15) is 22.4 Å². The van der Waals surface area contributed by atoms with Gasteiger partial charge in [-0.25, -0.2) is 9.37 Å². The maximum atomic E-state index is 13.9. The number of ether oxygens (including phenoxy) is 1. The number of benzene rings is 1. The number of nitrogens with two attached hydrogens (primary N) is 1. The molecule has 0 aliphatic heterocycles. The molecule has 100 valence electrons. The Morgan fingerprint density at radius 1 is 1.21 bits per heavy atom. The van der Waals surface area contributed by atoms with Gasteiger partial charge in [-0.05, 0) is 44.0 Å². The maximum absolute atomic E-state index is 13.9. The van der Waals surface area contributed by atoms with E-state index in [-0.39, 0.29) is 11.6 Å². The van der Waals surface area contributed by atoms with Crippen LogP contribution in [-0.2, 0) is 6.54 Å². The van der Waals surface area contributed by atoms with Crippen molar-refractivity contribution in [3.05, 3.63) is 52.5 Å². The summed E-state index contributed by atoms with van der Waals surface area (Å²) in [5, 5.41) is 0. The minimum Gasteiger partial charge on any atom is -0.436 e. The van der Waals surface area contributed by atoms with E-state index in [9.17, 15) is 4.39 Å². The first kappa shape index (κ1) is 13.5. The van der Waals surface area contributed by atoms with E-state index < -0.39 is 0 Å². The number of nitrogens with zero attached hydrogens (tertiary/aromatic N) is 1. The van der Waals surface area contributed by atoms with Crippen LogP contribution < -0.4 is 10.5 Å². The summed E-state index contributed by atoms with van der Waals surface area (Å²) in [4.78, 5) is 4.30. The molecule has 1 heterocycles. The van der Waals surface area contributed by atoms with Gasteiger partial charge in [0.2, 0.25) is 5.88 Å². The molecule has 2 N–H and O–H groups in total. The van der Waals surface area contributed by atoms with E-state index in [0.29, 0.717) is 18.0 Å². The topological polar surface area (TPSA) is 48.1 Å². The Kier molecular flexibility index (Phi) is 3.81. The molecule has 0 fully saturated rings. The van der Waals surface area contributed by atoms with Gasteiger partial charge in [0.25, 0.3) is 0 Å². The Balaban J connectivity index is 2.46. The van der Waals surface area contributed by atoms with Crippen LogP contribution in [0.2, 0.25) is 0 Å². The lowest BCUT2D eigenvalue weighted by Crippen LogP contribution is -2.05. The second kappa shape index (κ2) is 5.36. The van der Waals surface area contributed by atoms with Crippen LogP contribution in [0, 0.1) is 26.6 Å². The summed E-state index contributed by atoms with van der Waals surface area (Å²) in [7, 11) is 0. The fraction of sp³-hybridized carbons (Fsp3) is 0.267. The fourth-order valence-corrected chi connectivity index (χ4v) is 1.97. The summed E-state index contributed by atoms with van der Waals surface area (Å²) >= 11 is 0. The minimum absolute atomic E-state index is 0.173. The summed E-state index contributed by atoms with van der Waals surface area (Å²) in [6.45, 7) is 5.81. The van der Waals surface area contributed by atoms with Gasteiger partial charge >= 0.3 is 0 Å². The monoisotopic (exact) mass is 260 g/mol. The highest BCUT2D eigenvalue weighted by molar-refractivity contribution is 5.40. The molecule has 0 aliphatic rings. The zero-order valence-corrected chi connectivity index (χ0v) is 11.3. The molecule has 0 aliphatic carbocycles. The predicted octanol–water partition coefficient (Wildman–Crippen LogP) is 3.40. The Hall–Kier alpha value is -1.94. The van der Waals surface area contributed by atoms with Crippen LogP contribution in [0.5, 0.6) is 11.6 Å². The molecule has 0 bridgehead atoms. The molecule has 2 aromatic rings. The van der Waals surface area contributed by atoms with Crippen LogP contribution >= 0.6 is 0 Å². The third-order valence-corrected chi connectivity index (χ3v) is 3.00. The molecule has 1 aromatic heterocycles. The second-order valence-electron chi connectivity index (χ2n) is 4.56. The molecule has 0 spiro atoms. The molecule has 0 amide bonds. The Bertz CT molecular complexity index is 611. The van der Waals surface area contributed by atoms with Crippen LogP contribution in [-0.4, -0.2) is 4.98 Å². The lowest BCUT2D eigenvalue weighted by atomic mass is 10.1. The van der Waals surface area contributed by atoms with Crippen molar-refractivity contribution >= 4 is 0 Å². The van der Waals surface area contributed by atoms with E-state index in [1.54, 1.807) is 25.1 Å². The molecular formula is C15H17FN2O. The zero-order chi connectivity index (χ0) is 14.0. The first-order chi connectivity index (χ1) is 9.02. The number of aryl methyl sites for hydroxylation is 3. The Morgan fingerprint density at radius 3 is 2.63 bits per heavy atom. The highest BCUT2D eigenvalue weighted by Gasteiger charge is 2.13. The molecule has 0 saturated heterocycles. The Morgan fingerprint density at radius 2 is 1.95 bits per heavy atom. The van der Waals surface area contributed by atoms with E-state index in [1.807, 2.05) is 19.9 Å². The van der Waals surface area contributed by atoms with Crippen molar-refractivity contribution in [3.8, 4) is 11.6 Å². The SMILES string of the molecule is Cc1cc(C)c(CN)c(Oc2cccc(C)c2F)n1. The molecular weight excluding hydrogens is 243 g/mol. The summed E-state index contributed by atoms with van der Waals surface area (Å²) in [5.74, 6) is 0.183. The van der Waals surface area contributed by atoms with Gasteiger partial charge in [0.1, 0.15) is 0 Å². The van der Waals surface area contributed by atoms with Crippen molar-refractivity contribution in [2.24, 2.45) is 5.73 Å². The number of halogens is 1. The predicted molar refractivity (Wildman–Crippen MR) is 72.8 cm³/mol. The first-order valence-corrected chi connectivity index (χ1v) is 6.13. The van der Waals surface area contributed by atoms with E-state index >= 15 is 0 Å². The van der Waals surface area contributed by atoms with E-state index in [4.69, 9.17) is 10.5 Å². The van der Waals surface area contributed by atoms with Crippen molar-refractivity contribution in [2.45, 2.75) is 27.3 Å². The molecule has 19 heavy (non-hydrogen) atoms. The lowest BCUT2D eigenvalue weighted by Gasteiger charge is -2.13. The normalized spacial score (nSPS) is 10.6. The van der Waals surface area contributed by atoms with Crippen molar-refractivity contribution in [1.82, 2.24) is 4.98 Å². The highest BCUT2D eigenvalue weighted by Crippen LogP contribution is 2.29. The number of hydrogen-bond acceptors (Lipinski definition) is 3. The van der Waals surface area contributed by atoms with Gasteiger partial charge in [-0.1, -0.05) is 12.1 Å². The van der Waals surface area contributed by atoms with E-state index in [2.05, 4.69) is 4.98 Å². The number of pyridine rings is 1. The van der Waals surface area contributed by atoms with Gasteiger partial charge < -0.3 is 10.5 Å². The van der Waals surface area contributed by atoms with E-state index in [1.165, 1.54) is 0 Å². The highest BCUT2D eigenvalue weighted by atomic mass is 19.1. The molecule has 0 atom stereocenters. The minimum atomic E-state index is -0.369. The number of rotatable bonds is 3. The van der Waals surface area contributed by atoms with Gasteiger partial charge in [0, 0.05) is 17.8 Å². The molecule has 2 rings (SSSR count). The van der Waals surface area contributed by atoms with Crippen molar-refractivity contribution < 1.29 is 9.13 Å². The zero-order valence-electron chi connectivity index (χ0n) is 11.3. The third kappa shape index (κ3) is 2.74. The van der Waals surface area contributed by atoms with Gasteiger partial charge in [-0.3, -0.25) is 0 Å². The van der Waals surface area contributed by atoms with Crippen LogP contribution in [0.4, 0.5) is 4.39 Å². The van der Waals surface area contributed by atoms with Crippen molar-refractivity contribution in [2.75, 3.05) is 0 Å². The molecule has 1 aromatic carbocycles. The number of aromatic nitrogens is 1. The van der Waals surface area contributed by atoms with Crippen LogP contribution in [0.3, 0.4) is 0 Å². The summed E-state index contributed by atoms with van der Waals surface area (Å²) < 4.78 is 19.5.